The van der Waals surface area contributed by atoms with E-state index >= 15 is 0 Å². The van der Waals surface area contributed by atoms with Crippen molar-refractivity contribution in [2.24, 2.45) is 0 Å². The fourth-order valence-corrected chi connectivity index (χ4v) is 1.48. The third-order valence-corrected chi connectivity index (χ3v) is 2.12. The second-order valence-corrected chi connectivity index (χ2v) is 3.54. The standard InChI is InChI=1S/C8H8O2S.HN3/c1-6-2-3-7(11-6)4-5-8(9)10;1-3-2/h2-5H,1H3,(H,9,10);1H. The molecule has 74 valence electrons. The topological polar surface area (TPSA) is 97.5 Å². The van der Waals surface area contributed by atoms with Gasteiger partial charge in [0.15, 0.2) is 0 Å². The molecule has 1 rings (SSSR count). The summed E-state index contributed by atoms with van der Waals surface area (Å²) < 4.78 is 0. The van der Waals surface area contributed by atoms with Crippen LogP contribution in [0, 0.1) is 12.5 Å². The average molecular weight is 211 g/mol. The number of carboxylic acids is 1. The number of carbonyl (C=O) groups is 1. The van der Waals surface area contributed by atoms with Gasteiger partial charge in [-0.3, -0.25) is 0 Å². The molecule has 0 fully saturated rings. The molecule has 0 aromatic carbocycles. The summed E-state index contributed by atoms with van der Waals surface area (Å²) >= 11 is 1.58. The Morgan fingerprint density at radius 3 is 2.64 bits per heavy atom. The number of thiophene rings is 1. The van der Waals surface area contributed by atoms with Crippen LogP contribution in [0.15, 0.2) is 18.2 Å². The molecule has 0 unspecified atom stereocenters. The number of rotatable bonds is 2. The van der Waals surface area contributed by atoms with Crippen molar-refractivity contribution in [3.05, 3.63) is 38.4 Å². The van der Waals surface area contributed by atoms with E-state index < -0.39 is 5.97 Å². The Bertz CT molecular complexity index is 364. The van der Waals surface area contributed by atoms with E-state index in [2.05, 4.69) is 0 Å². The molecule has 1 aromatic heterocycles. The van der Waals surface area contributed by atoms with E-state index in [1.54, 1.807) is 22.3 Å². The van der Waals surface area contributed by atoms with Gasteiger partial charge in [-0.2, -0.15) is 0 Å². The number of aryl methyl sites for hydroxylation is 1. The molecule has 0 aliphatic carbocycles. The number of carboxylic acid groups (broad SMARTS) is 1. The Balaban J connectivity index is 0.000000500. The van der Waals surface area contributed by atoms with Crippen molar-refractivity contribution >= 4 is 23.4 Å². The maximum Gasteiger partial charge on any atom is 0.328 e. The number of aliphatic carboxylic acids is 1. The van der Waals surface area contributed by atoms with Gasteiger partial charge in [0, 0.05) is 15.8 Å². The van der Waals surface area contributed by atoms with Crippen molar-refractivity contribution < 1.29 is 9.90 Å². The van der Waals surface area contributed by atoms with Crippen LogP contribution in [0.1, 0.15) is 9.75 Å². The molecule has 0 amide bonds. The minimum absolute atomic E-state index is 0.906. The molecule has 0 aliphatic rings. The lowest BCUT2D eigenvalue weighted by molar-refractivity contribution is -0.131. The lowest BCUT2D eigenvalue weighted by Gasteiger charge is -1.80. The average Bonchev–Trinajstić information content (AvgIpc) is 2.49. The number of hydrogen-bond donors (Lipinski definition) is 2. The monoisotopic (exact) mass is 211 g/mol. The van der Waals surface area contributed by atoms with Gasteiger partial charge in [-0.25, -0.2) is 4.79 Å². The van der Waals surface area contributed by atoms with Crippen LogP contribution in [-0.2, 0) is 4.79 Å². The van der Waals surface area contributed by atoms with Crippen molar-refractivity contribution in [1.29, 1.82) is 5.53 Å². The molecule has 0 spiro atoms. The van der Waals surface area contributed by atoms with Crippen LogP contribution < -0.4 is 0 Å². The maximum atomic E-state index is 10.1. The minimum Gasteiger partial charge on any atom is -0.478 e. The first-order valence-corrected chi connectivity index (χ1v) is 4.40. The van der Waals surface area contributed by atoms with Gasteiger partial charge in [-0.05, 0) is 35.6 Å². The Kier molecular flexibility index (Phi) is 5.85. The smallest absolute Gasteiger partial charge is 0.328 e. The maximum absolute atomic E-state index is 10.1. The summed E-state index contributed by atoms with van der Waals surface area (Å²) in [5, 5.41) is 8.30. The Morgan fingerprint density at radius 2 is 2.29 bits per heavy atom. The first kappa shape index (κ1) is 12.2. The van der Waals surface area contributed by atoms with E-state index in [0.717, 1.165) is 11.0 Å². The first-order valence-electron chi connectivity index (χ1n) is 3.58. The Morgan fingerprint density at radius 1 is 1.71 bits per heavy atom. The highest BCUT2D eigenvalue weighted by atomic mass is 32.1. The predicted octanol–water partition coefficient (Wildman–Crippen LogP) is 3.03. The molecule has 0 aliphatic heterocycles. The van der Waals surface area contributed by atoms with Crippen molar-refractivity contribution in [2.45, 2.75) is 6.92 Å². The van der Waals surface area contributed by atoms with E-state index in [1.807, 2.05) is 19.1 Å². The predicted molar refractivity (Wildman–Crippen MR) is 55.2 cm³/mol. The summed E-state index contributed by atoms with van der Waals surface area (Å²) in [6.45, 7) is 1.99. The van der Waals surface area contributed by atoms with Crippen LogP contribution in [0.5, 0.6) is 0 Å². The normalized spacial score (nSPS) is 8.93. The summed E-state index contributed by atoms with van der Waals surface area (Å²) in [5.41, 5.74) is 12.2. The Hall–Kier alpha value is -1.78. The fraction of sp³-hybridized carbons (Fsp3) is 0.125. The van der Waals surface area contributed by atoms with Crippen LogP contribution >= 0.6 is 11.3 Å². The summed E-state index contributed by atoms with van der Waals surface area (Å²) in [6.07, 6.45) is 2.74. The molecule has 1 aromatic rings. The highest BCUT2D eigenvalue weighted by Crippen LogP contribution is 2.15. The zero-order valence-corrected chi connectivity index (χ0v) is 8.28. The number of nitrogens with one attached hydrogen (secondary N) is 1. The highest BCUT2D eigenvalue weighted by molar-refractivity contribution is 7.12. The van der Waals surface area contributed by atoms with Crippen molar-refractivity contribution in [3.63, 3.8) is 0 Å². The molecule has 5 nitrogen and oxygen atoms in total. The fourth-order valence-electron chi connectivity index (χ4n) is 0.696. The van der Waals surface area contributed by atoms with E-state index in [-0.39, 0.29) is 0 Å². The van der Waals surface area contributed by atoms with Gasteiger partial charge in [0.25, 0.3) is 0 Å². The van der Waals surface area contributed by atoms with Gasteiger partial charge in [-0.1, -0.05) is 0 Å². The summed E-state index contributed by atoms with van der Waals surface area (Å²) in [6, 6.07) is 3.87. The van der Waals surface area contributed by atoms with Crippen LogP contribution in [0.3, 0.4) is 0 Å². The molecular weight excluding hydrogens is 202 g/mol. The largest absolute Gasteiger partial charge is 0.478 e. The third kappa shape index (κ3) is 5.82. The first-order chi connectivity index (χ1) is 6.60. The third-order valence-electron chi connectivity index (χ3n) is 1.15. The van der Waals surface area contributed by atoms with Crippen LogP contribution in [0.25, 0.3) is 16.5 Å². The molecular formula is C8H9N3O2S. The van der Waals surface area contributed by atoms with Gasteiger partial charge in [0.05, 0.1) is 0 Å². The lowest BCUT2D eigenvalue weighted by atomic mass is 10.4. The molecule has 1 heterocycles. The molecule has 0 radical (unpaired) electrons. The Labute approximate surface area is 84.7 Å². The molecule has 0 atom stereocenters. The van der Waals surface area contributed by atoms with Gasteiger partial charge in [0.1, 0.15) is 0 Å². The molecule has 6 heteroatoms. The summed E-state index contributed by atoms with van der Waals surface area (Å²) in [7, 11) is 0. The van der Waals surface area contributed by atoms with Gasteiger partial charge in [-0.15, -0.1) is 16.9 Å². The van der Waals surface area contributed by atoms with E-state index in [9.17, 15) is 4.79 Å². The van der Waals surface area contributed by atoms with Crippen LogP contribution in [-0.4, -0.2) is 11.1 Å². The summed E-state index contributed by atoms with van der Waals surface area (Å²) in [5.74, 6) is -0.906. The lowest BCUT2D eigenvalue weighted by Crippen LogP contribution is -1.84. The SMILES string of the molecule is Cc1ccc(C=CC(=O)O)s1.[N-]=[N+]=N. The molecule has 0 saturated heterocycles. The zero-order chi connectivity index (χ0) is 11.0. The zero-order valence-electron chi connectivity index (χ0n) is 7.47. The van der Waals surface area contributed by atoms with Crippen molar-refractivity contribution in [1.82, 2.24) is 0 Å². The highest BCUT2D eigenvalue weighted by Gasteiger charge is 1.91. The van der Waals surface area contributed by atoms with Gasteiger partial charge >= 0.3 is 5.97 Å². The minimum atomic E-state index is -0.906. The van der Waals surface area contributed by atoms with E-state index in [4.69, 9.17) is 16.2 Å². The summed E-state index contributed by atoms with van der Waals surface area (Å²) in [4.78, 5) is 14.0. The van der Waals surface area contributed by atoms with Gasteiger partial charge < -0.3 is 5.11 Å². The molecule has 0 bridgehead atoms. The van der Waals surface area contributed by atoms with Crippen LogP contribution in [0.2, 0.25) is 0 Å². The van der Waals surface area contributed by atoms with Crippen molar-refractivity contribution in [3.8, 4) is 0 Å². The second kappa shape index (κ2) is 6.71. The van der Waals surface area contributed by atoms with Crippen LogP contribution in [0.4, 0.5) is 0 Å². The number of nitrogens with zero attached hydrogens (tertiary/aromatic N) is 2. The van der Waals surface area contributed by atoms with E-state index in [1.165, 1.54) is 4.88 Å². The van der Waals surface area contributed by atoms with Gasteiger partial charge in [0.2, 0.25) is 0 Å². The molecule has 14 heavy (non-hydrogen) atoms. The molecule has 2 N–H and O–H groups in total. The number of hydrogen-bond acceptors (Lipinski definition) is 3. The van der Waals surface area contributed by atoms with E-state index in [0.29, 0.717) is 0 Å². The quantitative estimate of drug-likeness (QED) is 0.340. The second-order valence-electron chi connectivity index (χ2n) is 2.22. The van der Waals surface area contributed by atoms with Crippen molar-refractivity contribution in [2.75, 3.05) is 0 Å². The molecule has 0 saturated carbocycles.